The van der Waals surface area contributed by atoms with Crippen molar-refractivity contribution in [2.75, 3.05) is 5.32 Å². The Kier molecular flexibility index (Phi) is 4.52. The number of amides is 1. The van der Waals surface area contributed by atoms with E-state index in [9.17, 15) is 13.2 Å². The summed E-state index contributed by atoms with van der Waals surface area (Å²) in [7, 11) is -2.15. The molecule has 144 valence electrons. The molecule has 0 bridgehead atoms. The molecule has 0 saturated heterocycles. The van der Waals surface area contributed by atoms with Crippen molar-refractivity contribution in [3.8, 4) is 11.1 Å². The van der Waals surface area contributed by atoms with Crippen LogP contribution in [0.2, 0.25) is 0 Å². The van der Waals surface area contributed by atoms with Crippen molar-refractivity contribution in [1.82, 2.24) is 9.78 Å². The highest BCUT2D eigenvalue weighted by atomic mass is 32.2. The predicted octanol–water partition coefficient (Wildman–Crippen LogP) is 2.48. The van der Waals surface area contributed by atoms with E-state index < -0.39 is 10.0 Å². The molecule has 1 aromatic heterocycles. The van der Waals surface area contributed by atoms with Crippen LogP contribution in [0.4, 0.5) is 5.69 Å². The lowest BCUT2D eigenvalue weighted by atomic mass is 10.1. The molecule has 3 aromatic rings. The van der Waals surface area contributed by atoms with Gasteiger partial charge in [0.05, 0.1) is 11.1 Å². The monoisotopic (exact) mass is 396 g/mol. The van der Waals surface area contributed by atoms with Gasteiger partial charge in [-0.3, -0.25) is 9.48 Å². The fraction of sp³-hybridized carbons (Fsp3) is 0.200. The number of anilines is 1. The van der Waals surface area contributed by atoms with Gasteiger partial charge >= 0.3 is 0 Å². The quantitative estimate of drug-likeness (QED) is 0.691. The van der Waals surface area contributed by atoms with Crippen molar-refractivity contribution in [1.29, 1.82) is 0 Å². The number of nitrogens with zero attached hydrogens (tertiary/aromatic N) is 2. The summed E-state index contributed by atoms with van der Waals surface area (Å²) in [5.41, 5.74) is 2.88. The average molecular weight is 396 g/mol. The van der Waals surface area contributed by atoms with Crippen molar-refractivity contribution >= 4 is 21.6 Å². The first-order valence-electron chi connectivity index (χ1n) is 8.84. The molecule has 8 heteroatoms. The Balaban J connectivity index is 1.60. The van der Waals surface area contributed by atoms with Crippen molar-refractivity contribution in [3.05, 3.63) is 66.5 Å². The van der Waals surface area contributed by atoms with E-state index in [2.05, 4.69) is 10.4 Å². The molecule has 2 aromatic carbocycles. The van der Waals surface area contributed by atoms with Crippen molar-refractivity contribution in [3.63, 3.8) is 0 Å². The second kappa shape index (κ2) is 6.88. The van der Waals surface area contributed by atoms with Crippen LogP contribution in [0.1, 0.15) is 17.9 Å². The molecule has 0 aliphatic heterocycles. The molecule has 1 fully saturated rings. The maximum atomic E-state index is 12.7. The summed E-state index contributed by atoms with van der Waals surface area (Å²) in [6, 6.07) is 14.5. The van der Waals surface area contributed by atoms with E-state index in [0.29, 0.717) is 11.3 Å². The summed E-state index contributed by atoms with van der Waals surface area (Å²) in [4.78, 5) is 12.6. The summed E-state index contributed by atoms with van der Waals surface area (Å²) in [5.74, 6) is -0.0552. The fourth-order valence-electron chi connectivity index (χ4n) is 3.36. The van der Waals surface area contributed by atoms with Crippen LogP contribution in [0.25, 0.3) is 11.1 Å². The molecule has 1 aliphatic carbocycles. The van der Waals surface area contributed by atoms with Crippen LogP contribution < -0.4 is 10.5 Å². The Morgan fingerprint density at radius 1 is 1.18 bits per heavy atom. The lowest BCUT2D eigenvalue weighted by Gasteiger charge is -2.10. The summed E-state index contributed by atoms with van der Waals surface area (Å²) in [5, 5.41) is 12.3. The Morgan fingerprint density at radius 2 is 1.93 bits per heavy atom. The molecular weight excluding hydrogens is 376 g/mol. The number of carbonyl (C=O) groups excluding carboxylic acids is 1. The molecule has 3 N–H and O–H groups in total. The zero-order valence-corrected chi connectivity index (χ0v) is 16.1. The smallest absolute Gasteiger partial charge is 0.238 e. The predicted molar refractivity (Wildman–Crippen MR) is 106 cm³/mol. The minimum atomic E-state index is -3.92. The SMILES string of the molecule is Cn1cc(-c2cc(NC(=O)[C@H]3C[C@H]3c3ccccc3)cc(S(N)(=O)=O)c2)cn1. The van der Waals surface area contributed by atoms with E-state index in [1.807, 2.05) is 30.3 Å². The lowest BCUT2D eigenvalue weighted by molar-refractivity contribution is -0.117. The molecule has 0 unspecified atom stereocenters. The van der Waals surface area contributed by atoms with Gasteiger partial charge in [0.2, 0.25) is 15.9 Å². The molecule has 1 amide bonds. The second-order valence-corrected chi connectivity index (χ2v) is 8.60. The number of nitrogens with two attached hydrogens (primary N) is 1. The largest absolute Gasteiger partial charge is 0.326 e. The maximum absolute atomic E-state index is 12.7. The standard InChI is InChI=1S/C20H20N4O3S/c1-24-12-15(11-22-24)14-7-16(9-17(8-14)28(21,26)27)23-20(25)19-10-18(19)13-5-3-2-4-6-13/h2-9,11-12,18-19H,10H2,1H3,(H,23,25)(H2,21,26,27)/t18-,19-/m0/s1. The zero-order valence-electron chi connectivity index (χ0n) is 15.2. The van der Waals surface area contributed by atoms with E-state index in [1.54, 1.807) is 30.2 Å². The van der Waals surface area contributed by atoms with Crippen molar-refractivity contribution < 1.29 is 13.2 Å². The van der Waals surface area contributed by atoms with E-state index in [4.69, 9.17) is 5.14 Å². The van der Waals surface area contributed by atoms with Gasteiger partial charge in [0, 0.05) is 30.4 Å². The molecule has 0 radical (unpaired) electrons. The van der Waals surface area contributed by atoms with Gasteiger partial charge in [-0.15, -0.1) is 0 Å². The Bertz CT molecular complexity index is 1140. The maximum Gasteiger partial charge on any atom is 0.238 e. The number of benzene rings is 2. The topological polar surface area (TPSA) is 107 Å². The minimum absolute atomic E-state index is 0.0560. The third-order valence-electron chi connectivity index (χ3n) is 4.90. The number of rotatable bonds is 5. The highest BCUT2D eigenvalue weighted by molar-refractivity contribution is 7.89. The minimum Gasteiger partial charge on any atom is -0.326 e. The highest BCUT2D eigenvalue weighted by Gasteiger charge is 2.43. The van der Waals surface area contributed by atoms with E-state index in [1.165, 1.54) is 12.1 Å². The fourth-order valence-corrected chi connectivity index (χ4v) is 3.94. The number of aromatic nitrogens is 2. The second-order valence-electron chi connectivity index (χ2n) is 7.04. The summed E-state index contributed by atoms with van der Waals surface area (Å²) in [6.45, 7) is 0. The lowest BCUT2D eigenvalue weighted by Crippen LogP contribution is -2.16. The third kappa shape index (κ3) is 3.83. The molecule has 0 spiro atoms. The van der Waals surface area contributed by atoms with E-state index in [-0.39, 0.29) is 22.6 Å². The first-order chi connectivity index (χ1) is 13.3. The summed E-state index contributed by atoms with van der Waals surface area (Å²) < 4.78 is 25.4. The van der Waals surface area contributed by atoms with Crippen molar-refractivity contribution in [2.24, 2.45) is 18.1 Å². The van der Waals surface area contributed by atoms with Gasteiger partial charge in [0.25, 0.3) is 0 Å². The number of primary sulfonamides is 1. The molecule has 1 saturated carbocycles. The van der Waals surface area contributed by atoms with Crippen LogP contribution in [0.3, 0.4) is 0 Å². The summed E-state index contributed by atoms with van der Waals surface area (Å²) >= 11 is 0. The number of carbonyl (C=O) groups is 1. The molecule has 4 rings (SSSR count). The Labute approximate surface area is 163 Å². The van der Waals surface area contributed by atoms with Gasteiger partial charge < -0.3 is 5.32 Å². The van der Waals surface area contributed by atoms with Crippen LogP contribution >= 0.6 is 0 Å². The Hall–Kier alpha value is -2.97. The molecule has 1 aliphatic rings. The first kappa shape index (κ1) is 18.4. The van der Waals surface area contributed by atoms with Gasteiger partial charge in [0.1, 0.15) is 0 Å². The van der Waals surface area contributed by atoms with Gasteiger partial charge in [-0.1, -0.05) is 30.3 Å². The van der Waals surface area contributed by atoms with Crippen LogP contribution in [-0.4, -0.2) is 24.1 Å². The van der Waals surface area contributed by atoms with Crippen LogP contribution in [0.15, 0.2) is 65.8 Å². The zero-order chi connectivity index (χ0) is 19.9. The normalized spacial score (nSPS) is 18.6. The molecule has 28 heavy (non-hydrogen) atoms. The molecule has 7 nitrogen and oxygen atoms in total. The average Bonchev–Trinajstić information content (AvgIpc) is 3.35. The number of hydrogen-bond acceptors (Lipinski definition) is 4. The third-order valence-corrected chi connectivity index (χ3v) is 5.79. The van der Waals surface area contributed by atoms with Gasteiger partial charge in [-0.05, 0) is 41.7 Å². The molecule has 1 heterocycles. The number of nitrogens with one attached hydrogen (secondary N) is 1. The van der Waals surface area contributed by atoms with E-state index in [0.717, 1.165) is 17.5 Å². The Morgan fingerprint density at radius 3 is 2.57 bits per heavy atom. The van der Waals surface area contributed by atoms with Crippen LogP contribution in [-0.2, 0) is 21.9 Å². The summed E-state index contributed by atoms with van der Waals surface area (Å²) in [6.07, 6.45) is 4.17. The highest BCUT2D eigenvalue weighted by Crippen LogP contribution is 2.48. The van der Waals surface area contributed by atoms with Crippen LogP contribution in [0.5, 0.6) is 0 Å². The van der Waals surface area contributed by atoms with Gasteiger partial charge in [-0.25, -0.2) is 13.6 Å². The van der Waals surface area contributed by atoms with Gasteiger partial charge in [0.15, 0.2) is 0 Å². The van der Waals surface area contributed by atoms with Crippen LogP contribution in [0, 0.1) is 5.92 Å². The first-order valence-corrected chi connectivity index (χ1v) is 10.4. The number of hydrogen-bond donors (Lipinski definition) is 2. The number of aryl methyl sites for hydroxylation is 1. The molecule has 2 atom stereocenters. The number of sulfonamides is 1. The van der Waals surface area contributed by atoms with E-state index >= 15 is 0 Å². The van der Waals surface area contributed by atoms with Crippen molar-refractivity contribution in [2.45, 2.75) is 17.2 Å². The molecular formula is C20H20N4O3S. The van der Waals surface area contributed by atoms with Gasteiger partial charge in [-0.2, -0.15) is 5.10 Å².